The third-order valence-corrected chi connectivity index (χ3v) is 5.65. The van der Waals surface area contributed by atoms with Crippen molar-refractivity contribution in [1.29, 1.82) is 0 Å². The predicted molar refractivity (Wildman–Crippen MR) is 126 cm³/mol. The summed E-state index contributed by atoms with van der Waals surface area (Å²) in [6.45, 7) is 2.47. The molecule has 0 saturated heterocycles. The van der Waals surface area contributed by atoms with Gasteiger partial charge in [0.05, 0.1) is 18.6 Å². The summed E-state index contributed by atoms with van der Waals surface area (Å²) < 4.78 is 36.7. The fourth-order valence-electron chi connectivity index (χ4n) is 2.98. The first-order valence-corrected chi connectivity index (χ1v) is 12.0. The number of amides is 1. The van der Waals surface area contributed by atoms with Crippen molar-refractivity contribution < 1.29 is 22.7 Å². The number of carbonyl (C=O) groups is 1. The summed E-state index contributed by atoms with van der Waals surface area (Å²) in [7, 11) is -3.66. The number of anilines is 2. The standard InChI is InChI=1S/C24H26N2O5S/c1-3-30-22-15-11-21(12-16-22)26(32(2,28)29)17-24(27)25-20-9-13-23(14-10-20)31-18-19-7-5-4-6-8-19/h4-16H,3,17-18H2,1-2H3,(H,25,27). The summed E-state index contributed by atoms with van der Waals surface area (Å²) in [4.78, 5) is 12.5. The Morgan fingerprint density at radius 2 is 1.47 bits per heavy atom. The highest BCUT2D eigenvalue weighted by Crippen LogP contribution is 2.22. The predicted octanol–water partition coefficient (Wildman–Crippen LogP) is 4.07. The Morgan fingerprint density at radius 1 is 0.875 bits per heavy atom. The number of rotatable bonds is 10. The van der Waals surface area contributed by atoms with Gasteiger partial charge in [0.2, 0.25) is 15.9 Å². The number of ether oxygens (including phenoxy) is 2. The van der Waals surface area contributed by atoms with Gasteiger partial charge in [-0.25, -0.2) is 8.42 Å². The van der Waals surface area contributed by atoms with Crippen LogP contribution in [0.15, 0.2) is 78.9 Å². The van der Waals surface area contributed by atoms with Crippen molar-refractivity contribution in [1.82, 2.24) is 0 Å². The van der Waals surface area contributed by atoms with Gasteiger partial charge in [-0.1, -0.05) is 30.3 Å². The van der Waals surface area contributed by atoms with E-state index in [-0.39, 0.29) is 6.54 Å². The number of nitrogens with zero attached hydrogens (tertiary/aromatic N) is 1. The maximum atomic E-state index is 12.5. The third kappa shape index (κ3) is 6.75. The molecule has 0 aliphatic rings. The molecule has 0 radical (unpaired) electrons. The zero-order valence-electron chi connectivity index (χ0n) is 18.0. The molecule has 3 aromatic carbocycles. The average molecular weight is 455 g/mol. The van der Waals surface area contributed by atoms with E-state index >= 15 is 0 Å². The Hall–Kier alpha value is -3.52. The van der Waals surface area contributed by atoms with Gasteiger partial charge in [-0.05, 0) is 61.0 Å². The molecule has 0 bridgehead atoms. The van der Waals surface area contributed by atoms with Crippen LogP contribution >= 0.6 is 0 Å². The largest absolute Gasteiger partial charge is 0.494 e. The lowest BCUT2D eigenvalue weighted by molar-refractivity contribution is -0.114. The Balaban J connectivity index is 1.60. The second kappa shape index (κ2) is 10.7. The van der Waals surface area contributed by atoms with E-state index in [4.69, 9.17) is 9.47 Å². The highest BCUT2D eigenvalue weighted by molar-refractivity contribution is 7.92. The normalized spacial score (nSPS) is 10.9. The van der Waals surface area contributed by atoms with Crippen molar-refractivity contribution in [3.05, 3.63) is 84.4 Å². The molecular formula is C24H26N2O5S. The van der Waals surface area contributed by atoms with E-state index < -0.39 is 15.9 Å². The van der Waals surface area contributed by atoms with Crippen molar-refractivity contribution in [2.75, 3.05) is 29.0 Å². The molecule has 8 heteroatoms. The summed E-state index contributed by atoms with van der Waals surface area (Å²) in [5.74, 6) is 0.838. The Labute approximate surface area is 188 Å². The third-order valence-electron chi connectivity index (χ3n) is 4.51. The lowest BCUT2D eigenvalue weighted by atomic mass is 10.2. The van der Waals surface area contributed by atoms with Crippen molar-refractivity contribution in [2.24, 2.45) is 0 Å². The van der Waals surface area contributed by atoms with E-state index in [0.717, 1.165) is 16.1 Å². The van der Waals surface area contributed by atoms with Crippen LogP contribution in [-0.2, 0) is 21.4 Å². The van der Waals surface area contributed by atoms with Gasteiger partial charge in [0, 0.05) is 5.69 Å². The molecule has 0 saturated carbocycles. The molecule has 1 amide bonds. The van der Waals surface area contributed by atoms with Crippen LogP contribution in [-0.4, -0.2) is 33.7 Å². The van der Waals surface area contributed by atoms with Crippen LogP contribution in [0.25, 0.3) is 0 Å². The summed E-state index contributed by atoms with van der Waals surface area (Å²) in [6.07, 6.45) is 1.07. The highest BCUT2D eigenvalue weighted by Gasteiger charge is 2.21. The van der Waals surface area contributed by atoms with E-state index in [0.29, 0.717) is 36.1 Å². The van der Waals surface area contributed by atoms with Gasteiger partial charge in [-0.2, -0.15) is 0 Å². The summed E-state index contributed by atoms with van der Waals surface area (Å²) >= 11 is 0. The van der Waals surface area contributed by atoms with E-state index in [2.05, 4.69) is 5.32 Å². The molecule has 0 fully saturated rings. The van der Waals surface area contributed by atoms with Crippen LogP contribution in [0, 0.1) is 0 Å². The maximum absolute atomic E-state index is 12.5. The summed E-state index contributed by atoms with van der Waals surface area (Å²) in [6, 6.07) is 23.3. The first-order chi connectivity index (χ1) is 15.3. The summed E-state index contributed by atoms with van der Waals surface area (Å²) in [5.41, 5.74) is 1.98. The van der Waals surface area contributed by atoms with E-state index in [9.17, 15) is 13.2 Å². The van der Waals surface area contributed by atoms with Crippen LogP contribution in [0.5, 0.6) is 11.5 Å². The molecule has 0 heterocycles. The van der Waals surface area contributed by atoms with Crippen LogP contribution in [0.3, 0.4) is 0 Å². The molecular weight excluding hydrogens is 428 g/mol. The number of benzene rings is 3. The lowest BCUT2D eigenvalue weighted by Gasteiger charge is -2.22. The van der Waals surface area contributed by atoms with Gasteiger partial charge in [0.15, 0.2) is 0 Å². The quantitative estimate of drug-likeness (QED) is 0.499. The van der Waals surface area contributed by atoms with E-state index in [1.54, 1.807) is 48.5 Å². The minimum Gasteiger partial charge on any atom is -0.494 e. The first kappa shape index (κ1) is 23.1. The number of hydrogen-bond acceptors (Lipinski definition) is 5. The molecule has 0 aliphatic heterocycles. The molecule has 0 unspecified atom stereocenters. The lowest BCUT2D eigenvalue weighted by Crippen LogP contribution is -2.37. The van der Waals surface area contributed by atoms with Gasteiger partial charge in [0.25, 0.3) is 0 Å². The molecule has 0 spiro atoms. The molecule has 7 nitrogen and oxygen atoms in total. The molecule has 168 valence electrons. The van der Waals surface area contributed by atoms with Crippen LogP contribution in [0.1, 0.15) is 12.5 Å². The Kier molecular flexibility index (Phi) is 7.72. The molecule has 0 aliphatic carbocycles. The number of hydrogen-bond donors (Lipinski definition) is 1. The molecule has 3 rings (SSSR count). The van der Waals surface area contributed by atoms with Gasteiger partial charge in [-0.3, -0.25) is 9.10 Å². The topological polar surface area (TPSA) is 84.9 Å². The Bertz CT molecular complexity index is 1120. The van der Waals surface area contributed by atoms with Crippen molar-refractivity contribution in [3.63, 3.8) is 0 Å². The second-order valence-electron chi connectivity index (χ2n) is 7.04. The highest BCUT2D eigenvalue weighted by atomic mass is 32.2. The zero-order valence-corrected chi connectivity index (χ0v) is 18.8. The van der Waals surface area contributed by atoms with Crippen LogP contribution in [0.2, 0.25) is 0 Å². The summed E-state index contributed by atoms with van der Waals surface area (Å²) in [5, 5.41) is 2.72. The van der Waals surface area contributed by atoms with Gasteiger partial charge in [0.1, 0.15) is 24.7 Å². The van der Waals surface area contributed by atoms with Gasteiger partial charge < -0.3 is 14.8 Å². The Morgan fingerprint density at radius 3 is 2.06 bits per heavy atom. The van der Waals surface area contributed by atoms with Gasteiger partial charge >= 0.3 is 0 Å². The monoisotopic (exact) mass is 454 g/mol. The fraction of sp³-hybridized carbons (Fsp3) is 0.208. The SMILES string of the molecule is CCOc1ccc(N(CC(=O)Nc2ccc(OCc3ccccc3)cc2)S(C)(=O)=O)cc1. The van der Waals surface area contributed by atoms with Crippen molar-refractivity contribution in [2.45, 2.75) is 13.5 Å². The number of carbonyl (C=O) groups excluding carboxylic acids is 1. The van der Waals surface area contributed by atoms with E-state index in [1.807, 2.05) is 37.3 Å². The fourth-order valence-corrected chi connectivity index (χ4v) is 3.84. The van der Waals surface area contributed by atoms with Gasteiger partial charge in [-0.15, -0.1) is 0 Å². The van der Waals surface area contributed by atoms with Crippen molar-refractivity contribution >= 4 is 27.3 Å². The maximum Gasteiger partial charge on any atom is 0.245 e. The number of sulfonamides is 1. The average Bonchev–Trinajstić information content (AvgIpc) is 2.78. The van der Waals surface area contributed by atoms with Crippen LogP contribution < -0.4 is 19.1 Å². The van der Waals surface area contributed by atoms with E-state index in [1.165, 1.54) is 0 Å². The molecule has 3 aromatic rings. The zero-order chi connectivity index (χ0) is 23.0. The molecule has 0 aromatic heterocycles. The first-order valence-electron chi connectivity index (χ1n) is 10.1. The molecule has 0 atom stereocenters. The second-order valence-corrected chi connectivity index (χ2v) is 8.95. The molecule has 1 N–H and O–H groups in total. The smallest absolute Gasteiger partial charge is 0.245 e. The molecule has 32 heavy (non-hydrogen) atoms. The minimum absolute atomic E-state index is 0.348. The minimum atomic E-state index is -3.66. The van der Waals surface area contributed by atoms with Crippen LogP contribution in [0.4, 0.5) is 11.4 Å². The van der Waals surface area contributed by atoms with Crippen molar-refractivity contribution in [3.8, 4) is 11.5 Å². The number of nitrogens with one attached hydrogen (secondary N) is 1.